The molecule has 2 amide bonds. The second-order valence-electron chi connectivity index (χ2n) is 4.35. The van der Waals surface area contributed by atoms with Gasteiger partial charge in [-0.05, 0) is 31.0 Å². The Morgan fingerprint density at radius 1 is 1.14 bits per heavy atom. The van der Waals surface area contributed by atoms with Gasteiger partial charge in [0.2, 0.25) is 0 Å². The van der Waals surface area contributed by atoms with E-state index in [4.69, 9.17) is 4.74 Å². The molecule has 1 aromatic rings. The fourth-order valence-corrected chi connectivity index (χ4v) is 1.64. The second kappa shape index (κ2) is 9.77. The number of rotatable bonds is 8. The Bertz CT molecular complexity index is 445. The van der Waals surface area contributed by atoms with E-state index < -0.39 is 0 Å². The average molecular weight is 294 g/mol. The van der Waals surface area contributed by atoms with Crippen LogP contribution in [0.3, 0.4) is 0 Å². The number of benzene rings is 1. The Kier molecular flexibility index (Phi) is 7.89. The highest BCUT2D eigenvalue weighted by Gasteiger charge is 2.05. The quantitative estimate of drug-likeness (QED) is 0.565. The van der Waals surface area contributed by atoms with Gasteiger partial charge < -0.3 is 20.1 Å². The Labute approximate surface area is 124 Å². The van der Waals surface area contributed by atoms with Crippen molar-refractivity contribution in [2.75, 3.05) is 26.9 Å². The molecule has 6 nitrogen and oxygen atoms in total. The highest BCUT2D eigenvalue weighted by atomic mass is 16.5. The molecule has 0 saturated heterocycles. The number of methoxy groups -OCH3 is 1. The van der Waals surface area contributed by atoms with Gasteiger partial charge in [-0.15, -0.1) is 0 Å². The van der Waals surface area contributed by atoms with Crippen LogP contribution in [0.4, 0.5) is 4.79 Å². The zero-order valence-electron chi connectivity index (χ0n) is 12.5. The summed E-state index contributed by atoms with van der Waals surface area (Å²) in [5.41, 5.74) is 1.40. The summed E-state index contributed by atoms with van der Waals surface area (Å²) in [5, 5.41) is 5.49. The molecule has 0 bridgehead atoms. The average Bonchev–Trinajstić information content (AvgIpc) is 2.52. The first-order valence-corrected chi connectivity index (χ1v) is 6.94. The summed E-state index contributed by atoms with van der Waals surface area (Å²) in [4.78, 5) is 22.8. The van der Waals surface area contributed by atoms with Crippen molar-refractivity contribution in [3.8, 4) is 0 Å². The number of amides is 2. The Hall–Kier alpha value is -2.08. The Morgan fingerprint density at radius 2 is 1.86 bits per heavy atom. The SMILES string of the molecule is CCOCCCNC(=O)NCc1ccc(C(=O)OC)cc1. The van der Waals surface area contributed by atoms with Crippen molar-refractivity contribution < 1.29 is 19.1 Å². The topological polar surface area (TPSA) is 76.7 Å². The molecule has 0 aromatic heterocycles. The molecule has 1 rings (SSSR count). The van der Waals surface area contributed by atoms with Crippen molar-refractivity contribution in [3.05, 3.63) is 35.4 Å². The maximum atomic E-state index is 11.5. The van der Waals surface area contributed by atoms with Crippen LogP contribution < -0.4 is 10.6 Å². The summed E-state index contributed by atoms with van der Waals surface area (Å²) in [6, 6.07) is 6.68. The molecule has 6 heteroatoms. The normalized spacial score (nSPS) is 10.0. The number of urea groups is 1. The summed E-state index contributed by atoms with van der Waals surface area (Å²) >= 11 is 0. The summed E-state index contributed by atoms with van der Waals surface area (Å²) in [6.07, 6.45) is 0.787. The van der Waals surface area contributed by atoms with Crippen LogP contribution in [0.25, 0.3) is 0 Å². The van der Waals surface area contributed by atoms with Crippen LogP contribution >= 0.6 is 0 Å². The van der Waals surface area contributed by atoms with Crippen LogP contribution in [-0.2, 0) is 16.0 Å². The van der Waals surface area contributed by atoms with Gasteiger partial charge in [0.05, 0.1) is 12.7 Å². The van der Waals surface area contributed by atoms with E-state index in [1.807, 2.05) is 6.92 Å². The fourth-order valence-electron chi connectivity index (χ4n) is 1.64. The molecule has 0 aliphatic rings. The van der Waals surface area contributed by atoms with E-state index in [9.17, 15) is 9.59 Å². The highest BCUT2D eigenvalue weighted by Crippen LogP contribution is 2.05. The number of ether oxygens (including phenoxy) is 2. The molecule has 0 spiro atoms. The number of carbonyl (C=O) groups is 2. The minimum Gasteiger partial charge on any atom is -0.465 e. The van der Waals surface area contributed by atoms with E-state index in [2.05, 4.69) is 15.4 Å². The van der Waals surface area contributed by atoms with Crippen molar-refractivity contribution in [2.24, 2.45) is 0 Å². The van der Waals surface area contributed by atoms with E-state index in [1.165, 1.54) is 7.11 Å². The molecule has 0 heterocycles. The van der Waals surface area contributed by atoms with Crippen molar-refractivity contribution in [2.45, 2.75) is 19.9 Å². The predicted octanol–water partition coefficient (Wildman–Crippen LogP) is 1.70. The predicted molar refractivity (Wildman–Crippen MR) is 79.1 cm³/mol. The number of carbonyl (C=O) groups excluding carboxylic acids is 2. The van der Waals surface area contributed by atoms with Crippen LogP contribution in [0, 0.1) is 0 Å². The maximum absolute atomic E-state index is 11.5. The summed E-state index contributed by atoms with van der Waals surface area (Å²) in [6.45, 7) is 4.25. The summed E-state index contributed by atoms with van der Waals surface area (Å²) < 4.78 is 9.79. The number of hydrogen-bond donors (Lipinski definition) is 2. The van der Waals surface area contributed by atoms with Crippen LogP contribution in [0.1, 0.15) is 29.3 Å². The van der Waals surface area contributed by atoms with E-state index >= 15 is 0 Å². The van der Waals surface area contributed by atoms with Gasteiger partial charge in [-0.3, -0.25) is 0 Å². The molecule has 0 radical (unpaired) electrons. The number of nitrogens with one attached hydrogen (secondary N) is 2. The molecule has 2 N–H and O–H groups in total. The Balaban J connectivity index is 2.25. The smallest absolute Gasteiger partial charge is 0.337 e. The molecule has 0 atom stereocenters. The molecule has 116 valence electrons. The van der Waals surface area contributed by atoms with Gasteiger partial charge in [0.15, 0.2) is 0 Å². The third kappa shape index (κ3) is 6.76. The van der Waals surface area contributed by atoms with Crippen LogP contribution in [-0.4, -0.2) is 38.9 Å². The molecule has 0 saturated carbocycles. The van der Waals surface area contributed by atoms with Gasteiger partial charge in [-0.2, -0.15) is 0 Å². The molecular weight excluding hydrogens is 272 g/mol. The van der Waals surface area contributed by atoms with E-state index in [0.29, 0.717) is 31.9 Å². The van der Waals surface area contributed by atoms with Crippen molar-refractivity contribution >= 4 is 12.0 Å². The first-order chi connectivity index (χ1) is 10.2. The molecule has 0 unspecified atom stereocenters. The van der Waals surface area contributed by atoms with Gasteiger partial charge in [-0.25, -0.2) is 9.59 Å². The molecule has 0 aliphatic carbocycles. The van der Waals surface area contributed by atoms with Gasteiger partial charge in [0, 0.05) is 26.3 Å². The van der Waals surface area contributed by atoms with Gasteiger partial charge in [0.25, 0.3) is 0 Å². The standard InChI is InChI=1S/C15H22N2O4/c1-3-21-10-4-9-16-15(19)17-11-12-5-7-13(8-6-12)14(18)20-2/h5-8H,3-4,9-11H2,1-2H3,(H2,16,17,19). The van der Waals surface area contributed by atoms with Gasteiger partial charge in [-0.1, -0.05) is 12.1 Å². The minimum absolute atomic E-state index is 0.219. The maximum Gasteiger partial charge on any atom is 0.337 e. The zero-order valence-corrected chi connectivity index (χ0v) is 12.5. The van der Waals surface area contributed by atoms with Gasteiger partial charge >= 0.3 is 12.0 Å². The van der Waals surface area contributed by atoms with Gasteiger partial charge in [0.1, 0.15) is 0 Å². The number of esters is 1. The largest absolute Gasteiger partial charge is 0.465 e. The molecule has 0 fully saturated rings. The molecule has 21 heavy (non-hydrogen) atoms. The van der Waals surface area contributed by atoms with E-state index in [1.54, 1.807) is 24.3 Å². The van der Waals surface area contributed by atoms with Crippen molar-refractivity contribution in [3.63, 3.8) is 0 Å². The third-order valence-corrected chi connectivity index (χ3v) is 2.78. The van der Waals surface area contributed by atoms with Crippen molar-refractivity contribution in [1.82, 2.24) is 10.6 Å². The highest BCUT2D eigenvalue weighted by molar-refractivity contribution is 5.89. The number of hydrogen-bond acceptors (Lipinski definition) is 4. The Morgan fingerprint density at radius 3 is 2.48 bits per heavy atom. The fraction of sp³-hybridized carbons (Fsp3) is 0.467. The molecule has 1 aromatic carbocycles. The van der Waals surface area contributed by atoms with Crippen molar-refractivity contribution in [1.29, 1.82) is 0 Å². The minimum atomic E-state index is -0.374. The van der Waals surface area contributed by atoms with Crippen LogP contribution in [0.2, 0.25) is 0 Å². The first-order valence-electron chi connectivity index (χ1n) is 6.94. The summed E-state index contributed by atoms with van der Waals surface area (Å²) in [7, 11) is 1.34. The lowest BCUT2D eigenvalue weighted by atomic mass is 10.1. The summed E-state index contributed by atoms with van der Waals surface area (Å²) in [5.74, 6) is -0.374. The van der Waals surface area contributed by atoms with Crippen LogP contribution in [0.5, 0.6) is 0 Å². The lowest BCUT2D eigenvalue weighted by Gasteiger charge is -2.08. The molecule has 0 aliphatic heterocycles. The lowest BCUT2D eigenvalue weighted by molar-refractivity contribution is 0.0600. The third-order valence-electron chi connectivity index (χ3n) is 2.78. The molecular formula is C15H22N2O4. The van der Waals surface area contributed by atoms with E-state index in [-0.39, 0.29) is 12.0 Å². The van der Waals surface area contributed by atoms with E-state index in [0.717, 1.165) is 12.0 Å². The van der Waals surface area contributed by atoms with Crippen LogP contribution in [0.15, 0.2) is 24.3 Å². The lowest BCUT2D eigenvalue weighted by Crippen LogP contribution is -2.35. The second-order valence-corrected chi connectivity index (χ2v) is 4.35. The zero-order chi connectivity index (χ0) is 15.5. The monoisotopic (exact) mass is 294 g/mol. The first kappa shape index (κ1) is 17.0.